The molecule has 1 fully saturated rings. The van der Waals surface area contributed by atoms with Gasteiger partial charge in [-0.15, -0.1) is 0 Å². The van der Waals surface area contributed by atoms with Crippen LogP contribution in [0.4, 0.5) is 0 Å². The summed E-state index contributed by atoms with van der Waals surface area (Å²) in [4.78, 5) is 25.6. The Balaban J connectivity index is 1.52. The van der Waals surface area contributed by atoms with E-state index in [1.165, 1.54) is 4.90 Å². The lowest BCUT2D eigenvalue weighted by molar-refractivity contribution is -0.154. The van der Waals surface area contributed by atoms with E-state index in [4.69, 9.17) is 5.26 Å². The Bertz CT molecular complexity index is 845. The molecule has 0 aromatic heterocycles. The molecule has 0 atom stereocenters. The molecule has 128 valence electrons. The van der Waals surface area contributed by atoms with E-state index in [9.17, 15) is 14.7 Å². The highest BCUT2D eigenvalue weighted by atomic mass is 16.3. The van der Waals surface area contributed by atoms with Gasteiger partial charge in [0.25, 0.3) is 0 Å². The van der Waals surface area contributed by atoms with Gasteiger partial charge in [0.1, 0.15) is 5.60 Å². The molecule has 0 saturated carbocycles. The summed E-state index contributed by atoms with van der Waals surface area (Å²) in [6, 6.07) is 15.6. The predicted octanol–water partition coefficient (Wildman–Crippen LogP) is 0.985. The Morgan fingerprint density at radius 3 is 2.68 bits per heavy atom. The molecule has 2 N–H and O–H groups in total. The van der Waals surface area contributed by atoms with Crippen LogP contribution in [-0.2, 0) is 16.0 Å². The monoisotopic (exact) mass is 337 g/mol. The molecule has 1 aliphatic rings. The summed E-state index contributed by atoms with van der Waals surface area (Å²) < 4.78 is 0. The third kappa shape index (κ3) is 3.78. The molecule has 1 saturated heterocycles. The summed E-state index contributed by atoms with van der Waals surface area (Å²) in [5, 5.41) is 23.2. The predicted molar refractivity (Wildman–Crippen MR) is 92.4 cm³/mol. The zero-order chi connectivity index (χ0) is 17.9. The molecule has 0 aliphatic carbocycles. The van der Waals surface area contributed by atoms with Crippen LogP contribution in [0.25, 0.3) is 10.8 Å². The van der Waals surface area contributed by atoms with Crippen LogP contribution in [0.2, 0.25) is 0 Å². The van der Waals surface area contributed by atoms with E-state index in [1.54, 1.807) is 0 Å². The number of nitrogens with zero attached hydrogens (tertiary/aromatic N) is 2. The number of carbonyl (C=O) groups excluding carboxylic acids is 2. The molecule has 2 amide bonds. The molecule has 6 nitrogen and oxygen atoms in total. The fraction of sp³-hybridized carbons (Fsp3) is 0.316. The van der Waals surface area contributed by atoms with Crippen molar-refractivity contribution in [3.63, 3.8) is 0 Å². The topological polar surface area (TPSA) is 93.4 Å². The Labute approximate surface area is 145 Å². The second-order valence-corrected chi connectivity index (χ2v) is 6.40. The van der Waals surface area contributed by atoms with E-state index < -0.39 is 5.60 Å². The van der Waals surface area contributed by atoms with Gasteiger partial charge in [0.15, 0.2) is 0 Å². The molecule has 0 radical (unpaired) electrons. The smallest absolute Gasteiger partial charge is 0.242 e. The molecule has 3 rings (SSSR count). The molecule has 1 heterocycles. The zero-order valence-electron chi connectivity index (χ0n) is 13.7. The van der Waals surface area contributed by atoms with Crippen LogP contribution in [0, 0.1) is 11.3 Å². The second-order valence-electron chi connectivity index (χ2n) is 6.40. The lowest BCUT2D eigenvalue weighted by Crippen LogP contribution is -2.64. The number of hydrogen-bond donors (Lipinski definition) is 2. The number of nitriles is 1. The molecule has 0 unspecified atom stereocenters. The van der Waals surface area contributed by atoms with Crippen LogP contribution in [0.3, 0.4) is 0 Å². The van der Waals surface area contributed by atoms with Crippen molar-refractivity contribution in [3.05, 3.63) is 48.0 Å². The number of rotatable bonds is 5. The highest BCUT2D eigenvalue weighted by Crippen LogP contribution is 2.23. The van der Waals surface area contributed by atoms with Gasteiger partial charge in [-0.25, -0.2) is 0 Å². The largest absolute Gasteiger partial charge is 0.385 e. The van der Waals surface area contributed by atoms with Crippen molar-refractivity contribution < 1.29 is 14.7 Å². The summed E-state index contributed by atoms with van der Waals surface area (Å²) in [6.07, 6.45) is 0.206. The van der Waals surface area contributed by atoms with Gasteiger partial charge in [0.2, 0.25) is 11.8 Å². The normalized spacial score (nSPS) is 15.3. The Morgan fingerprint density at radius 2 is 1.92 bits per heavy atom. The highest BCUT2D eigenvalue weighted by Gasteiger charge is 2.43. The molecule has 6 heteroatoms. The maximum absolute atomic E-state index is 12.1. The van der Waals surface area contributed by atoms with Crippen molar-refractivity contribution in [2.24, 2.45) is 0 Å². The van der Waals surface area contributed by atoms with Crippen LogP contribution in [-0.4, -0.2) is 47.1 Å². The summed E-state index contributed by atoms with van der Waals surface area (Å²) in [6.45, 7) is 0.170. The van der Waals surface area contributed by atoms with E-state index >= 15 is 0 Å². The van der Waals surface area contributed by atoms with Crippen LogP contribution in [0.15, 0.2) is 42.5 Å². The van der Waals surface area contributed by atoms with E-state index in [1.807, 2.05) is 48.5 Å². The zero-order valence-corrected chi connectivity index (χ0v) is 13.7. The average Bonchev–Trinajstić information content (AvgIpc) is 2.58. The number of β-amino-alcohol motifs (C(OH)–C–C–N with tert-alkyl or cyclic N) is 1. The fourth-order valence-corrected chi connectivity index (χ4v) is 3.07. The molecule has 2 aromatic rings. The standard InChI is InChI=1S/C19H19N3O3/c20-9-8-19(25)12-22(13-19)18(24)11-21-17(23)10-15-6-3-5-14-4-1-2-7-16(14)15/h1-7,25H,8,10-13H2,(H,21,23). The van der Waals surface area contributed by atoms with Crippen LogP contribution < -0.4 is 5.32 Å². The highest BCUT2D eigenvalue weighted by molar-refractivity contribution is 5.91. The number of likely N-dealkylation sites (tertiary alicyclic amines) is 1. The number of benzene rings is 2. The minimum Gasteiger partial charge on any atom is -0.385 e. The van der Waals surface area contributed by atoms with Crippen molar-refractivity contribution >= 4 is 22.6 Å². The van der Waals surface area contributed by atoms with Crippen LogP contribution in [0.5, 0.6) is 0 Å². The first-order valence-corrected chi connectivity index (χ1v) is 8.11. The first-order valence-electron chi connectivity index (χ1n) is 8.11. The number of aliphatic hydroxyl groups is 1. The summed E-state index contributed by atoms with van der Waals surface area (Å²) in [5.74, 6) is -0.480. The van der Waals surface area contributed by atoms with Gasteiger partial charge >= 0.3 is 0 Å². The lowest BCUT2D eigenvalue weighted by Gasteiger charge is -2.45. The third-order valence-corrected chi connectivity index (χ3v) is 4.40. The Morgan fingerprint density at radius 1 is 1.20 bits per heavy atom. The first-order chi connectivity index (χ1) is 12.0. The fourth-order valence-electron chi connectivity index (χ4n) is 3.07. The van der Waals surface area contributed by atoms with Gasteiger partial charge in [-0.3, -0.25) is 9.59 Å². The van der Waals surface area contributed by atoms with Crippen molar-refractivity contribution in [2.45, 2.75) is 18.4 Å². The molecule has 0 bridgehead atoms. The number of hydrogen-bond acceptors (Lipinski definition) is 4. The van der Waals surface area contributed by atoms with Gasteiger partial charge < -0.3 is 15.3 Å². The molecular formula is C19H19N3O3. The molecule has 25 heavy (non-hydrogen) atoms. The SMILES string of the molecule is N#CCC1(O)CN(C(=O)CNC(=O)Cc2cccc3ccccc23)C1. The summed E-state index contributed by atoms with van der Waals surface area (Å²) >= 11 is 0. The molecule has 2 aromatic carbocycles. The Kier molecular flexibility index (Phi) is 4.68. The minimum atomic E-state index is -1.10. The van der Waals surface area contributed by atoms with Crippen molar-refractivity contribution in [3.8, 4) is 6.07 Å². The van der Waals surface area contributed by atoms with Crippen molar-refractivity contribution in [1.29, 1.82) is 5.26 Å². The van der Waals surface area contributed by atoms with E-state index in [2.05, 4.69) is 5.32 Å². The van der Waals surface area contributed by atoms with Gasteiger partial charge in [-0.1, -0.05) is 42.5 Å². The van der Waals surface area contributed by atoms with Gasteiger partial charge in [-0.05, 0) is 16.3 Å². The third-order valence-electron chi connectivity index (χ3n) is 4.40. The summed E-state index contributed by atoms with van der Waals surface area (Å²) in [7, 11) is 0. The van der Waals surface area contributed by atoms with Crippen LogP contribution >= 0.6 is 0 Å². The van der Waals surface area contributed by atoms with Gasteiger partial charge in [0.05, 0.1) is 38.5 Å². The number of nitrogens with one attached hydrogen (secondary N) is 1. The molecular weight excluding hydrogens is 318 g/mol. The Hall–Kier alpha value is -2.91. The minimum absolute atomic E-state index is 0.00419. The summed E-state index contributed by atoms with van der Waals surface area (Å²) in [5.41, 5.74) is -0.187. The number of carbonyl (C=O) groups is 2. The first kappa shape index (κ1) is 16.9. The average molecular weight is 337 g/mol. The second kappa shape index (κ2) is 6.91. The maximum atomic E-state index is 12.1. The van der Waals surface area contributed by atoms with Gasteiger partial charge in [-0.2, -0.15) is 5.26 Å². The van der Waals surface area contributed by atoms with E-state index in [0.717, 1.165) is 16.3 Å². The van der Waals surface area contributed by atoms with Crippen molar-refractivity contribution in [1.82, 2.24) is 10.2 Å². The number of amides is 2. The quantitative estimate of drug-likeness (QED) is 0.851. The molecule has 1 aliphatic heterocycles. The number of fused-ring (bicyclic) bond motifs is 1. The van der Waals surface area contributed by atoms with Crippen molar-refractivity contribution in [2.75, 3.05) is 19.6 Å². The van der Waals surface area contributed by atoms with E-state index in [-0.39, 0.29) is 44.3 Å². The van der Waals surface area contributed by atoms with Gasteiger partial charge in [0, 0.05) is 0 Å². The maximum Gasteiger partial charge on any atom is 0.242 e. The van der Waals surface area contributed by atoms with E-state index in [0.29, 0.717) is 0 Å². The lowest BCUT2D eigenvalue weighted by atomic mass is 9.91. The molecule has 0 spiro atoms. The van der Waals surface area contributed by atoms with Crippen LogP contribution in [0.1, 0.15) is 12.0 Å².